The van der Waals surface area contributed by atoms with Crippen molar-refractivity contribution in [2.24, 2.45) is 0 Å². The number of rotatable bonds is 8. The van der Waals surface area contributed by atoms with Gasteiger partial charge in [0.15, 0.2) is 5.82 Å². The second-order valence-corrected chi connectivity index (χ2v) is 15.5. The average molecular weight is 805 g/mol. The number of para-hydroxylation sites is 2. The maximum absolute atomic E-state index is 13.3. The highest BCUT2D eigenvalue weighted by molar-refractivity contribution is 7.92. The predicted octanol–water partition coefficient (Wildman–Crippen LogP) is 11.0. The highest BCUT2D eigenvalue weighted by atomic mass is 32.2. The van der Waals surface area contributed by atoms with Gasteiger partial charge in [0.25, 0.3) is 9.84 Å². The Morgan fingerprint density at radius 2 is 0.932 bits per heavy atom. The van der Waals surface area contributed by atoms with Crippen LogP contribution in [0.25, 0.3) is 66.6 Å². The van der Waals surface area contributed by atoms with Crippen LogP contribution in [0.3, 0.4) is 0 Å². The zero-order chi connectivity index (χ0) is 40.3. The summed E-state index contributed by atoms with van der Waals surface area (Å²) >= 11 is 0. The molecule has 0 aliphatic carbocycles. The van der Waals surface area contributed by atoms with E-state index in [0.29, 0.717) is 29.5 Å². The van der Waals surface area contributed by atoms with Crippen LogP contribution in [0.2, 0.25) is 0 Å². The van der Waals surface area contributed by atoms with Crippen LogP contribution < -0.4 is 9.47 Å². The third-order valence-electron chi connectivity index (χ3n) is 9.90. The van der Waals surface area contributed by atoms with E-state index in [1.807, 2.05) is 130 Å². The van der Waals surface area contributed by atoms with Crippen molar-refractivity contribution in [1.29, 1.82) is 0 Å². The summed E-state index contributed by atoms with van der Waals surface area (Å²) in [5, 5.41) is 4.03. The maximum Gasteiger partial charge on any atom is 0.502 e. The van der Waals surface area contributed by atoms with Gasteiger partial charge in [-0.25, -0.2) is 28.4 Å². The highest BCUT2D eigenvalue weighted by Crippen LogP contribution is 2.39. The lowest BCUT2D eigenvalue weighted by molar-refractivity contribution is -0.0436. The molecule has 0 unspecified atom stereocenters. The molecule has 288 valence electrons. The Bertz CT molecular complexity index is 3160. The Morgan fingerprint density at radius 3 is 1.39 bits per heavy atom. The fourth-order valence-electron chi connectivity index (χ4n) is 7.32. The van der Waals surface area contributed by atoms with Crippen molar-refractivity contribution in [3.05, 3.63) is 164 Å². The van der Waals surface area contributed by atoms with Crippen LogP contribution in [0, 0.1) is 0 Å². The monoisotopic (exact) mass is 804 g/mol. The molecule has 0 aliphatic heterocycles. The van der Waals surface area contributed by atoms with E-state index < -0.39 is 20.2 Å². The number of halogens is 3. The minimum Gasteiger partial charge on any atom is -0.457 e. The first-order valence-electron chi connectivity index (χ1n) is 18.2. The minimum atomic E-state index is -5.66. The van der Waals surface area contributed by atoms with Crippen LogP contribution in [0.1, 0.15) is 0 Å². The Morgan fingerprint density at radius 1 is 0.475 bits per heavy atom. The number of aromatic nitrogens is 6. The molecular formula is C45H27F3N6O4S. The second-order valence-electron chi connectivity index (χ2n) is 13.5. The van der Waals surface area contributed by atoms with Gasteiger partial charge in [0.2, 0.25) is 0 Å². The first-order valence-corrected chi connectivity index (χ1v) is 19.6. The van der Waals surface area contributed by atoms with Crippen LogP contribution >= 0.6 is 0 Å². The van der Waals surface area contributed by atoms with E-state index in [-0.39, 0.29) is 17.3 Å². The SMILES string of the molecule is O=S(=O)(c1cnc(-c2cc(Oc3ccc4c5ccccc5n(-c5ccccn5)c4c3)cc(Oc3ccc4c5ccccc5n(-c5ccccn5)c4c3)c2)nc1)C(F)(F)F. The van der Waals surface area contributed by atoms with Crippen molar-refractivity contribution in [1.82, 2.24) is 29.1 Å². The smallest absolute Gasteiger partial charge is 0.457 e. The van der Waals surface area contributed by atoms with Gasteiger partial charge in [0.05, 0.1) is 22.1 Å². The largest absolute Gasteiger partial charge is 0.502 e. The van der Waals surface area contributed by atoms with Gasteiger partial charge >= 0.3 is 5.51 Å². The molecule has 0 N–H and O–H groups in total. The summed E-state index contributed by atoms with van der Waals surface area (Å²) in [6.07, 6.45) is 4.72. The van der Waals surface area contributed by atoms with Crippen molar-refractivity contribution in [3.63, 3.8) is 0 Å². The molecule has 0 atom stereocenters. The fourth-order valence-corrected chi connectivity index (χ4v) is 7.97. The number of fused-ring (bicyclic) bond motifs is 6. The van der Waals surface area contributed by atoms with Gasteiger partial charge in [-0.3, -0.25) is 9.13 Å². The molecule has 0 aliphatic rings. The van der Waals surface area contributed by atoms with E-state index in [2.05, 4.69) is 19.9 Å². The van der Waals surface area contributed by atoms with Gasteiger partial charge in [0.1, 0.15) is 39.5 Å². The summed E-state index contributed by atoms with van der Waals surface area (Å²) in [5.74, 6) is 2.90. The molecule has 14 heteroatoms. The first kappa shape index (κ1) is 35.8. The lowest BCUT2D eigenvalue weighted by atomic mass is 10.1. The fraction of sp³-hybridized carbons (Fsp3) is 0.0222. The molecule has 0 fully saturated rings. The quantitative estimate of drug-likeness (QED) is 0.149. The van der Waals surface area contributed by atoms with Crippen molar-refractivity contribution >= 4 is 53.4 Å². The van der Waals surface area contributed by atoms with Crippen LogP contribution in [0.5, 0.6) is 23.0 Å². The summed E-state index contributed by atoms with van der Waals surface area (Å²) < 4.78 is 81.3. The maximum atomic E-state index is 13.3. The topological polar surface area (TPSA) is 114 Å². The van der Waals surface area contributed by atoms with Crippen molar-refractivity contribution in [2.45, 2.75) is 10.4 Å². The van der Waals surface area contributed by atoms with Gasteiger partial charge in [-0.05, 0) is 72.8 Å². The number of pyridine rings is 2. The number of alkyl halides is 3. The zero-order valence-electron chi connectivity index (χ0n) is 30.4. The molecule has 5 aromatic carbocycles. The summed E-state index contributed by atoms with van der Waals surface area (Å²) in [5.41, 5.74) is -1.61. The molecule has 10 aromatic rings. The lowest BCUT2D eigenvalue weighted by Gasteiger charge is -2.13. The zero-order valence-corrected chi connectivity index (χ0v) is 31.3. The van der Waals surface area contributed by atoms with E-state index in [1.54, 1.807) is 30.6 Å². The molecule has 0 amide bonds. The molecule has 10 nitrogen and oxygen atoms in total. The number of benzene rings is 5. The van der Waals surface area contributed by atoms with Gasteiger partial charge in [-0.15, -0.1) is 0 Å². The summed E-state index contributed by atoms with van der Waals surface area (Å²) in [6, 6.07) is 43.7. The molecular weight excluding hydrogens is 778 g/mol. The third-order valence-corrected chi connectivity index (χ3v) is 11.3. The van der Waals surface area contributed by atoms with Crippen molar-refractivity contribution in [2.75, 3.05) is 0 Å². The molecule has 5 aromatic heterocycles. The Kier molecular flexibility index (Phi) is 8.38. The molecule has 5 heterocycles. The van der Waals surface area contributed by atoms with Gasteiger partial charge in [-0.2, -0.15) is 13.2 Å². The third kappa shape index (κ3) is 6.26. The Balaban J connectivity index is 1.08. The number of hydrogen-bond donors (Lipinski definition) is 0. The standard InChI is InChI=1S/C45H27F3N6O4S/c46-45(47,48)59(55,56)33-26-51-44(52-27-33)28-21-31(57-29-15-17-36-34-9-1-3-11-38(34)53(40(36)24-29)42-13-5-7-19-49-42)23-32(22-28)58-30-16-18-37-35-10-2-4-12-39(35)54(41(37)25-30)43-14-6-8-20-50-43/h1-27H. The van der Waals surface area contributed by atoms with Crippen molar-refractivity contribution in [3.8, 4) is 46.0 Å². The molecule has 0 saturated heterocycles. The molecule has 0 radical (unpaired) electrons. The number of ether oxygens (including phenoxy) is 2. The molecule has 10 rings (SSSR count). The van der Waals surface area contributed by atoms with E-state index in [9.17, 15) is 21.6 Å². The van der Waals surface area contributed by atoms with Crippen LogP contribution in [-0.4, -0.2) is 43.0 Å². The molecule has 0 saturated carbocycles. The number of hydrogen-bond acceptors (Lipinski definition) is 8. The second kappa shape index (κ2) is 13.8. The van der Waals surface area contributed by atoms with Crippen LogP contribution in [0.15, 0.2) is 169 Å². The Hall–Kier alpha value is -7.58. The highest BCUT2D eigenvalue weighted by Gasteiger charge is 2.47. The number of nitrogens with zero attached hydrogens (tertiary/aromatic N) is 6. The van der Waals surface area contributed by atoms with Gasteiger partial charge in [-0.1, -0.05) is 48.5 Å². The summed E-state index contributed by atoms with van der Waals surface area (Å²) in [6.45, 7) is 0. The number of sulfone groups is 1. The first-order chi connectivity index (χ1) is 28.6. The lowest BCUT2D eigenvalue weighted by Crippen LogP contribution is -2.23. The van der Waals surface area contributed by atoms with Crippen LogP contribution in [0.4, 0.5) is 13.2 Å². The van der Waals surface area contributed by atoms with E-state index in [1.165, 1.54) is 0 Å². The summed E-state index contributed by atoms with van der Waals surface area (Å²) in [7, 11) is -5.66. The predicted molar refractivity (Wildman–Crippen MR) is 218 cm³/mol. The van der Waals surface area contributed by atoms with Gasteiger partial charge < -0.3 is 9.47 Å². The van der Waals surface area contributed by atoms with E-state index >= 15 is 0 Å². The van der Waals surface area contributed by atoms with Gasteiger partial charge in [0, 0.05) is 70.1 Å². The molecule has 0 spiro atoms. The molecule has 0 bridgehead atoms. The average Bonchev–Trinajstić information content (AvgIpc) is 3.76. The van der Waals surface area contributed by atoms with E-state index in [4.69, 9.17) is 9.47 Å². The normalized spacial score (nSPS) is 12.1. The van der Waals surface area contributed by atoms with Crippen LogP contribution in [-0.2, 0) is 9.84 Å². The van der Waals surface area contributed by atoms with E-state index in [0.717, 1.165) is 55.2 Å². The Labute approximate surface area is 333 Å². The van der Waals surface area contributed by atoms with Crippen molar-refractivity contribution < 1.29 is 31.1 Å². The molecule has 59 heavy (non-hydrogen) atoms. The summed E-state index contributed by atoms with van der Waals surface area (Å²) in [4.78, 5) is 16.2. The minimum absolute atomic E-state index is 0.0575.